The molecule has 1 unspecified atom stereocenters. The van der Waals surface area contributed by atoms with Crippen molar-refractivity contribution >= 4 is 16.5 Å². The van der Waals surface area contributed by atoms with Gasteiger partial charge in [0.25, 0.3) is 0 Å². The van der Waals surface area contributed by atoms with Gasteiger partial charge in [-0.25, -0.2) is 9.94 Å². The van der Waals surface area contributed by atoms with E-state index in [1.807, 2.05) is 65.4 Å². The highest BCUT2D eigenvalue weighted by molar-refractivity contribution is 5.78. The van der Waals surface area contributed by atoms with Crippen LogP contribution in [0.25, 0.3) is 16.5 Å². The summed E-state index contributed by atoms with van der Waals surface area (Å²) >= 11 is 0. The third-order valence-corrected chi connectivity index (χ3v) is 3.66. The van der Waals surface area contributed by atoms with Crippen LogP contribution < -0.4 is 11.3 Å². The van der Waals surface area contributed by atoms with Crippen molar-refractivity contribution in [2.24, 2.45) is 5.84 Å². The second-order valence-electron chi connectivity index (χ2n) is 4.92. The van der Waals surface area contributed by atoms with Gasteiger partial charge in [0.15, 0.2) is 0 Å². The molecule has 5 nitrogen and oxygen atoms in total. The van der Waals surface area contributed by atoms with E-state index in [1.54, 1.807) is 0 Å². The van der Waals surface area contributed by atoms with Crippen molar-refractivity contribution in [3.8, 4) is 0 Å². The van der Waals surface area contributed by atoms with Crippen molar-refractivity contribution < 1.29 is 4.42 Å². The lowest BCUT2D eigenvalue weighted by atomic mass is 10.1. The molecule has 0 radical (unpaired) electrons. The van der Waals surface area contributed by atoms with E-state index in [9.17, 15) is 0 Å². The molecular weight excluding hydrogens is 264 g/mol. The van der Waals surface area contributed by atoms with E-state index in [-0.39, 0.29) is 6.04 Å². The average molecular weight is 278 g/mol. The molecule has 4 rings (SSSR count). The molecule has 3 N–H and O–H groups in total. The molecule has 0 fully saturated rings. The molecular formula is C16H14N4O. The molecule has 1 atom stereocenters. The molecule has 0 bridgehead atoms. The number of rotatable bonds is 3. The van der Waals surface area contributed by atoms with Crippen molar-refractivity contribution in [1.82, 2.24) is 15.0 Å². The number of para-hydroxylation sites is 1. The third-order valence-electron chi connectivity index (χ3n) is 3.66. The number of aromatic nitrogens is 2. The molecule has 21 heavy (non-hydrogen) atoms. The Balaban J connectivity index is 1.87. The molecule has 0 saturated carbocycles. The Labute approximate surface area is 120 Å². The van der Waals surface area contributed by atoms with Gasteiger partial charge in [-0.15, -0.1) is 0 Å². The summed E-state index contributed by atoms with van der Waals surface area (Å²) in [5.41, 5.74) is 5.66. The van der Waals surface area contributed by atoms with Crippen molar-refractivity contribution in [3.63, 3.8) is 0 Å². The van der Waals surface area contributed by atoms with Crippen LogP contribution in [0.1, 0.15) is 17.4 Å². The topological polar surface area (TPSA) is 68.5 Å². The molecule has 0 saturated heterocycles. The van der Waals surface area contributed by atoms with Crippen molar-refractivity contribution in [2.75, 3.05) is 0 Å². The highest BCUT2D eigenvalue weighted by Gasteiger charge is 2.20. The fraction of sp³-hybridized carbons (Fsp3) is 0.0625. The monoisotopic (exact) mass is 278 g/mol. The Bertz CT molecular complexity index is 876. The molecule has 0 amide bonds. The highest BCUT2D eigenvalue weighted by Crippen LogP contribution is 2.29. The van der Waals surface area contributed by atoms with Crippen molar-refractivity contribution in [1.29, 1.82) is 0 Å². The zero-order valence-corrected chi connectivity index (χ0v) is 11.2. The summed E-state index contributed by atoms with van der Waals surface area (Å²) in [4.78, 5) is 0. The zero-order chi connectivity index (χ0) is 14.2. The first-order valence-corrected chi connectivity index (χ1v) is 6.74. The van der Waals surface area contributed by atoms with Crippen LogP contribution in [0.4, 0.5) is 0 Å². The summed E-state index contributed by atoms with van der Waals surface area (Å²) in [6, 6.07) is 15.6. The molecule has 0 aliphatic carbocycles. The fourth-order valence-electron chi connectivity index (χ4n) is 2.65. The normalized spacial score (nSPS) is 13.0. The summed E-state index contributed by atoms with van der Waals surface area (Å²) in [6.45, 7) is 0. The summed E-state index contributed by atoms with van der Waals surface area (Å²) in [7, 11) is 0. The quantitative estimate of drug-likeness (QED) is 0.446. The number of nitrogens with zero attached hydrogens (tertiary/aromatic N) is 2. The number of pyridine rings is 1. The third kappa shape index (κ3) is 1.91. The van der Waals surface area contributed by atoms with E-state index in [0.717, 1.165) is 27.8 Å². The van der Waals surface area contributed by atoms with E-state index in [4.69, 9.17) is 10.3 Å². The standard InChI is InChI=1S/C16H14N4O/c17-19-16(12-10-18-20-8-4-3-6-13(12)20)15-9-11-5-1-2-7-14(11)21-15/h1-10,16,19H,17H2. The number of nitrogens with two attached hydrogens (primary N) is 1. The first kappa shape index (κ1) is 12.1. The largest absolute Gasteiger partial charge is 0.459 e. The summed E-state index contributed by atoms with van der Waals surface area (Å²) < 4.78 is 7.74. The van der Waals surface area contributed by atoms with Crippen LogP contribution in [-0.4, -0.2) is 9.61 Å². The van der Waals surface area contributed by atoms with Crippen LogP contribution in [-0.2, 0) is 0 Å². The maximum Gasteiger partial charge on any atom is 0.134 e. The predicted molar refractivity (Wildman–Crippen MR) is 80.6 cm³/mol. The Morgan fingerprint density at radius 2 is 2.00 bits per heavy atom. The molecule has 104 valence electrons. The lowest BCUT2D eigenvalue weighted by Gasteiger charge is -2.11. The fourth-order valence-corrected chi connectivity index (χ4v) is 2.65. The number of furan rings is 1. The van der Waals surface area contributed by atoms with Crippen LogP contribution in [0.2, 0.25) is 0 Å². The van der Waals surface area contributed by atoms with Gasteiger partial charge >= 0.3 is 0 Å². The Kier molecular flexibility index (Phi) is 2.73. The maximum absolute atomic E-state index is 5.91. The van der Waals surface area contributed by atoms with Crippen molar-refractivity contribution in [3.05, 3.63) is 72.2 Å². The Morgan fingerprint density at radius 1 is 1.14 bits per heavy atom. The molecule has 3 heterocycles. The number of hydrogen-bond donors (Lipinski definition) is 2. The minimum atomic E-state index is -0.239. The van der Waals surface area contributed by atoms with Crippen LogP contribution >= 0.6 is 0 Å². The van der Waals surface area contributed by atoms with E-state index >= 15 is 0 Å². The summed E-state index contributed by atoms with van der Waals surface area (Å²) in [6.07, 6.45) is 3.72. The van der Waals surface area contributed by atoms with E-state index < -0.39 is 0 Å². The number of benzene rings is 1. The van der Waals surface area contributed by atoms with Gasteiger partial charge in [-0.2, -0.15) is 5.10 Å². The molecule has 4 aromatic rings. The van der Waals surface area contributed by atoms with E-state index in [0.29, 0.717) is 0 Å². The Morgan fingerprint density at radius 3 is 2.86 bits per heavy atom. The minimum Gasteiger partial charge on any atom is -0.459 e. The molecule has 0 spiro atoms. The maximum atomic E-state index is 5.91. The van der Waals surface area contributed by atoms with Gasteiger partial charge in [0.05, 0.1) is 11.7 Å². The highest BCUT2D eigenvalue weighted by atomic mass is 16.3. The van der Waals surface area contributed by atoms with Crippen LogP contribution in [0.15, 0.2) is 65.3 Å². The van der Waals surface area contributed by atoms with Gasteiger partial charge in [-0.3, -0.25) is 5.84 Å². The lowest BCUT2D eigenvalue weighted by Crippen LogP contribution is -2.28. The molecule has 0 aliphatic heterocycles. The number of nitrogens with one attached hydrogen (secondary N) is 1. The molecule has 1 aromatic carbocycles. The first-order chi connectivity index (χ1) is 10.4. The van der Waals surface area contributed by atoms with Crippen LogP contribution in [0.3, 0.4) is 0 Å². The second kappa shape index (κ2) is 4.73. The van der Waals surface area contributed by atoms with Gasteiger partial charge in [-0.1, -0.05) is 24.3 Å². The first-order valence-electron chi connectivity index (χ1n) is 6.74. The smallest absolute Gasteiger partial charge is 0.134 e. The summed E-state index contributed by atoms with van der Waals surface area (Å²) in [5, 5.41) is 5.41. The van der Waals surface area contributed by atoms with Gasteiger partial charge in [0, 0.05) is 17.1 Å². The second-order valence-corrected chi connectivity index (χ2v) is 4.92. The van der Waals surface area contributed by atoms with Crippen LogP contribution in [0, 0.1) is 0 Å². The molecule has 5 heteroatoms. The van der Waals surface area contributed by atoms with Gasteiger partial charge in [0.1, 0.15) is 17.4 Å². The zero-order valence-electron chi connectivity index (χ0n) is 11.2. The lowest BCUT2D eigenvalue weighted by molar-refractivity contribution is 0.479. The van der Waals surface area contributed by atoms with Gasteiger partial charge < -0.3 is 4.42 Å². The number of hydrazine groups is 1. The number of hydrogen-bond acceptors (Lipinski definition) is 4. The molecule has 0 aliphatic rings. The predicted octanol–water partition coefficient (Wildman–Crippen LogP) is 2.63. The SMILES string of the molecule is NNC(c1cc2ccccc2o1)c1cnn2ccccc12. The minimum absolute atomic E-state index is 0.239. The van der Waals surface area contributed by atoms with E-state index in [2.05, 4.69) is 10.5 Å². The Hall–Kier alpha value is -2.63. The van der Waals surface area contributed by atoms with Crippen molar-refractivity contribution in [2.45, 2.75) is 6.04 Å². The van der Waals surface area contributed by atoms with Crippen LogP contribution in [0.5, 0.6) is 0 Å². The summed E-state index contributed by atoms with van der Waals surface area (Å²) in [5.74, 6) is 6.54. The van der Waals surface area contributed by atoms with Gasteiger partial charge in [0.2, 0.25) is 0 Å². The van der Waals surface area contributed by atoms with Gasteiger partial charge in [-0.05, 0) is 24.3 Å². The average Bonchev–Trinajstić information content (AvgIpc) is 3.13. The van der Waals surface area contributed by atoms with E-state index in [1.165, 1.54) is 0 Å². The number of fused-ring (bicyclic) bond motifs is 2. The molecule has 3 aromatic heterocycles.